The molecule has 0 spiro atoms. The van der Waals surface area contributed by atoms with Crippen molar-refractivity contribution in [3.63, 3.8) is 0 Å². The number of anilines is 6. The van der Waals surface area contributed by atoms with Gasteiger partial charge in [0.2, 0.25) is 37.9 Å². The molecule has 2 aromatic heterocycles. The van der Waals surface area contributed by atoms with E-state index in [1.807, 2.05) is 12.1 Å². The van der Waals surface area contributed by atoms with Gasteiger partial charge in [-0.2, -0.15) is 0 Å². The average Bonchev–Trinajstić information content (AvgIpc) is 3.00. The number of hydrogen-bond acceptors (Lipinski definition) is 12. The van der Waals surface area contributed by atoms with Crippen molar-refractivity contribution < 1.29 is 21.6 Å². The van der Waals surface area contributed by atoms with E-state index < -0.39 is 20.0 Å². The first-order chi connectivity index (χ1) is 22.2. The van der Waals surface area contributed by atoms with Crippen LogP contribution in [0.25, 0.3) is 21.8 Å². The molecule has 0 atom stereocenters. The smallest absolute Gasteiger partial charge is 0.238 e. The van der Waals surface area contributed by atoms with Crippen LogP contribution in [-0.2, 0) is 24.8 Å². The summed E-state index contributed by atoms with van der Waals surface area (Å²) in [7, 11) is -7.43. The lowest BCUT2D eigenvalue weighted by molar-refractivity contribution is -0.114. The van der Waals surface area contributed by atoms with Crippen LogP contribution in [0, 0.1) is 0 Å². The molecule has 0 unspecified atom stereocenters. The minimum atomic E-state index is -3.73. The third-order valence-electron chi connectivity index (χ3n) is 6.39. The van der Waals surface area contributed by atoms with Gasteiger partial charge < -0.3 is 21.7 Å². The Kier molecular flexibility index (Phi) is 9.24. The summed E-state index contributed by atoms with van der Waals surface area (Å²) < 4.78 is 44.9. The summed E-state index contributed by atoms with van der Waals surface area (Å²) in [6, 6.07) is 22.6. The predicted octanol–water partition coefficient (Wildman–Crippen LogP) is 3.58. The number of sulfonamides is 2. The summed E-state index contributed by atoms with van der Waals surface area (Å²) in [6.07, 6.45) is 3.34. The Balaban J connectivity index is 0.000000186. The fourth-order valence-corrected chi connectivity index (χ4v) is 5.21. The third kappa shape index (κ3) is 8.70. The van der Waals surface area contributed by atoms with Crippen LogP contribution in [0.15, 0.2) is 107 Å². The lowest BCUT2D eigenvalue weighted by atomic mass is 10.2. The maximum absolute atomic E-state index is 11.3. The van der Waals surface area contributed by atoms with Gasteiger partial charge in [-0.25, -0.2) is 47.0 Å². The van der Waals surface area contributed by atoms with Crippen LogP contribution in [0.3, 0.4) is 0 Å². The minimum Gasteiger partial charge on any atom is -0.399 e. The zero-order valence-electron chi connectivity index (χ0n) is 24.6. The molecule has 0 radical (unpaired) electrons. The van der Waals surface area contributed by atoms with Crippen molar-refractivity contribution in [1.82, 2.24) is 19.9 Å². The molecule has 47 heavy (non-hydrogen) atoms. The Morgan fingerprint density at radius 2 is 1.04 bits per heavy atom. The number of carbonyl (C=O) groups excluding carboxylic acids is 1. The molecule has 15 nitrogen and oxygen atoms in total. The quantitative estimate of drug-likeness (QED) is 0.133. The van der Waals surface area contributed by atoms with E-state index in [0.29, 0.717) is 40.2 Å². The monoisotopic (exact) mass is 672 g/mol. The first-order valence-corrected chi connectivity index (χ1v) is 16.7. The number of primary sulfonamides is 2. The number of carbonyl (C=O) groups is 1. The first kappa shape index (κ1) is 32.6. The van der Waals surface area contributed by atoms with Crippen LogP contribution < -0.4 is 32.0 Å². The number of benzene rings is 4. The summed E-state index contributed by atoms with van der Waals surface area (Å²) in [6.45, 7) is 1.43. The van der Waals surface area contributed by atoms with Crippen molar-refractivity contribution in [1.29, 1.82) is 0 Å². The highest BCUT2D eigenvalue weighted by Crippen LogP contribution is 2.22. The van der Waals surface area contributed by atoms with E-state index in [2.05, 4.69) is 35.9 Å². The van der Waals surface area contributed by atoms with Gasteiger partial charge >= 0.3 is 0 Å². The Morgan fingerprint density at radius 3 is 1.49 bits per heavy atom. The van der Waals surface area contributed by atoms with Crippen molar-refractivity contribution in [2.75, 3.05) is 21.7 Å². The number of nitrogens with one attached hydrogen (secondary N) is 3. The maximum atomic E-state index is 11.3. The van der Waals surface area contributed by atoms with Crippen molar-refractivity contribution >= 4 is 82.4 Å². The third-order valence-corrected chi connectivity index (χ3v) is 8.25. The van der Waals surface area contributed by atoms with Crippen LogP contribution in [0.5, 0.6) is 0 Å². The molecule has 2 heterocycles. The molecule has 0 fully saturated rings. The topological polar surface area (TPSA) is 251 Å². The maximum Gasteiger partial charge on any atom is 0.238 e. The molecule has 6 aromatic rings. The number of rotatable bonds is 7. The molecule has 6 rings (SSSR count). The molecule has 1 amide bonds. The minimum absolute atomic E-state index is 0.0254. The number of nitrogen functional groups attached to an aromatic ring is 1. The number of hydrogen-bond donors (Lipinski definition) is 6. The Morgan fingerprint density at radius 1 is 0.617 bits per heavy atom. The molecule has 240 valence electrons. The van der Waals surface area contributed by atoms with E-state index in [1.165, 1.54) is 31.2 Å². The summed E-state index contributed by atoms with van der Waals surface area (Å²) in [5.41, 5.74) is 9.64. The van der Waals surface area contributed by atoms with E-state index in [4.69, 9.17) is 16.0 Å². The van der Waals surface area contributed by atoms with Gasteiger partial charge in [0.15, 0.2) is 0 Å². The van der Waals surface area contributed by atoms with E-state index in [0.717, 1.165) is 16.3 Å². The molecular weight excluding hydrogens is 645 g/mol. The molecule has 0 aliphatic carbocycles. The Bertz CT molecular complexity index is 2320. The molecular formula is C30H28N10O5S2. The zero-order valence-corrected chi connectivity index (χ0v) is 26.2. The highest BCUT2D eigenvalue weighted by molar-refractivity contribution is 7.89. The molecule has 0 bridgehead atoms. The summed E-state index contributed by atoms with van der Waals surface area (Å²) in [4.78, 5) is 28.4. The van der Waals surface area contributed by atoms with E-state index >= 15 is 0 Å². The summed E-state index contributed by atoms with van der Waals surface area (Å²) >= 11 is 0. The predicted molar refractivity (Wildman–Crippen MR) is 180 cm³/mol. The SMILES string of the molecule is CC(=O)Nc1ccc2cnc(Nc3ccc(S(N)(=O)=O)cc3)nc2c1.Nc1ccc2cnc(Nc3ccc(S(N)(=O)=O)cc3)nc2c1. The molecule has 9 N–H and O–H groups in total. The Labute approximate surface area is 269 Å². The Hall–Kier alpha value is -5.75. The highest BCUT2D eigenvalue weighted by atomic mass is 32.2. The molecule has 0 aliphatic heterocycles. The highest BCUT2D eigenvalue weighted by Gasteiger charge is 2.09. The number of aromatic nitrogens is 4. The van der Waals surface area contributed by atoms with Gasteiger partial charge in [-0.15, -0.1) is 0 Å². The molecule has 17 heteroatoms. The number of nitrogens with two attached hydrogens (primary N) is 3. The molecule has 4 aromatic carbocycles. The second kappa shape index (κ2) is 13.3. The van der Waals surface area contributed by atoms with Crippen molar-refractivity contribution in [2.24, 2.45) is 10.3 Å². The van der Waals surface area contributed by atoms with Gasteiger partial charge in [0.25, 0.3) is 0 Å². The van der Waals surface area contributed by atoms with Gasteiger partial charge in [0, 0.05) is 52.8 Å². The zero-order chi connectivity index (χ0) is 33.8. The van der Waals surface area contributed by atoms with Crippen LogP contribution in [0.4, 0.5) is 34.6 Å². The van der Waals surface area contributed by atoms with E-state index in [9.17, 15) is 21.6 Å². The largest absolute Gasteiger partial charge is 0.399 e. The van der Waals surface area contributed by atoms with Crippen LogP contribution in [0.1, 0.15) is 6.92 Å². The van der Waals surface area contributed by atoms with Crippen LogP contribution in [0.2, 0.25) is 0 Å². The second-order valence-corrected chi connectivity index (χ2v) is 13.2. The standard InChI is InChI=1S/C16H15N5O3S.C14H13N5O2S/c1-10(22)19-13-3-2-11-9-18-16(21-15(11)8-13)20-12-4-6-14(7-5-12)25(17,23)24;15-10-2-1-9-8-17-14(19-13(9)7-10)18-11-3-5-12(6-4-11)22(16,20)21/h2-9H,1H3,(H,19,22)(H2,17,23,24)(H,18,20,21);1-8H,15H2,(H2,16,20,21)(H,17,18,19). The van der Waals surface area contributed by atoms with Gasteiger partial charge in [-0.1, -0.05) is 0 Å². The molecule has 0 saturated carbocycles. The number of amides is 1. The van der Waals surface area contributed by atoms with Crippen molar-refractivity contribution in [3.05, 3.63) is 97.3 Å². The number of nitrogens with zero attached hydrogens (tertiary/aromatic N) is 4. The van der Waals surface area contributed by atoms with E-state index in [1.54, 1.807) is 60.9 Å². The number of fused-ring (bicyclic) bond motifs is 2. The lowest BCUT2D eigenvalue weighted by Gasteiger charge is -2.08. The van der Waals surface area contributed by atoms with Crippen molar-refractivity contribution in [3.8, 4) is 0 Å². The van der Waals surface area contributed by atoms with Gasteiger partial charge in [-0.05, 0) is 84.9 Å². The fourth-order valence-electron chi connectivity index (χ4n) is 4.18. The first-order valence-electron chi connectivity index (χ1n) is 13.6. The lowest BCUT2D eigenvalue weighted by Crippen LogP contribution is -2.11. The molecule has 0 aliphatic rings. The van der Waals surface area contributed by atoms with Crippen molar-refractivity contribution in [2.45, 2.75) is 16.7 Å². The van der Waals surface area contributed by atoms with Crippen LogP contribution >= 0.6 is 0 Å². The van der Waals surface area contributed by atoms with Gasteiger partial charge in [0.1, 0.15) is 0 Å². The van der Waals surface area contributed by atoms with E-state index in [-0.39, 0.29) is 15.7 Å². The van der Waals surface area contributed by atoms with Gasteiger partial charge in [0.05, 0.1) is 20.8 Å². The van der Waals surface area contributed by atoms with Crippen LogP contribution in [-0.4, -0.2) is 42.7 Å². The fraction of sp³-hybridized carbons (Fsp3) is 0.0333. The molecule has 0 saturated heterocycles. The summed E-state index contributed by atoms with van der Waals surface area (Å²) in [5, 5.41) is 20.5. The second-order valence-electron chi connectivity index (χ2n) is 10.0. The average molecular weight is 673 g/mol. The summed E-state index contributed by atoms with van der Waals surface area (Å²) in [5.74, 6) is 0.569. The van der Waals surface area contributed by atoms with Gasteiger partial charge in [-0.3, -0.25) is 4.79 Å². The normalized spacial score (nSPS) is 11.4.